The number of hydrogen-bond donors (Lipinski definition) is 0. The first-order chi connectivity index (χ1) is 32.8. The van der Waals surface area contributed by atoms with Crippen LogP contribution in [0.3, 0.4) is 0 Å². The van der Waals surface area contributed by atoms with Crippen LogP contribution in [0.25, 0.3) is 55.6 Å². The molecule has 67 heavy (non-hydrogen) atoms. The van der Waals surface area contributed by atoms with Crippen molar-refractivity contribution in [2.45, 2.75) is 62.7 Å². The molecule has 5 aliphatic carbocycles. The summed E-state index contributed by atoms with van der Waals surface area (Å²) in [6.07, 6.45) is 5.32. The van der Waals surface area contributed by atoms with Crippen LogP contribution in [-0.2, 0) is 16.2 Å². The number of fused-ring (bicyclic) bond motifs is 14. The number of anilines is 3. The van der Waals surface area contributed by atoms with Crippen LogP contribution in [-0.4, -0.2) is 0 Å². The van der Waals surface area contributed by atoms with E-state index in [0.29, 0.717) is 5.92 Å². The summed E-state index contributed by atoms with van der Waals surface area (Å²) in [7, 11) is 0. The molecular formula is C66H53N. The zero-order valence-corrected chi connectivity index (χ0v) is 38.6. The van der Waals surface area contributed by atoms with Crippen molar-refractivity contribution in [3.8, 4) is 55.6 Å². The standard InChI is InChI=1S/C66H53N/c1-64(2)58-25-12-9-22-53(58)57-24-15-23-56(63(57)64)50-19-8-7-18-49(50)43-29-32-46(33-30-43)67(47-34-36-54-51-20-10-13-26-59(51)65(3,61(54)39-47)44-16-5-4-6-17-44)48-35-37-55-52-21-11-14-27-60(52)66(62(55)40-48)41-42-28-31-45(66)38-42/h4-27,29-30,32-37,39-40,42,45H,28,31,38,41H2,1-3H3. The Kier molecular flexibility index (Phi) is 8.23. The van der Waals surface area contributed by atoms with Crippen LogP contribution in [0.15, 0.2) is 206 Å². The number of nitrogens with zero attached hydrogens (tertiary/aromatic N) is 1. The van der Waals surface area contributed by atoms with Gasteiger partial charge in [-0.25, -0.2) is 0 Å². The van der Waals surface area contributed by atoms with Crippen LogP contribution in [0.4, 0.5) is 17.1 Å². The lowest BCUT2D eigenvalue weighted by Gasteiger charge is -2.37. The minimum atomic E-state index is -0.303. The molecule has 0 N–H and O–H groups in total. The van der Waals surface area contributed by atoms with Gasteiger partial charge in [0.25, 0.3) is 0 Å². The Morgan fingerprint density at radius 3 is 1.57 bits per heavy atom. The molecule has 0 aromatic heterocycles. The largest absolute Gasteiger partial charge is 0.310 e. The quantitative estimate of drug-likeness (QED) is 0.161. The van der Waals surface area contributed by atoms with E-state index >= 15 is 0 Å². The van der Waals surface area contributed by atoms with Crippen molar-refractivity contribution in [1.82, 2.24) is 0 Å². The van der Waals surface area contributed by atoms with Crippen LogP contribution in [0.2, 0.25) is 0 Å². The Balaban J connectivity index is 0.936. The maximum Gasteiger partial charge on any atom is 0.0465 e. The van der Waals surface area contributed by atoms with Crippen molar-refractivity contribution in [3.05, 3.63) is 245 Å². The summed E-state index contributed by atoms with van der Waals surface area (Å²) in [5, 5.41) is 0. The van der Waals surface area contributed by atoms with Gasteiger partial charge in [-0.2, -0.15) is 0 Å². The Bertz CT molecular complexity index is 3480. The molecule has 9 aromatic rings. The summed E-state index contributed by atoms with van der Waals surface area (Å²) in [6, 6.07) is 78.7. The van der Waals surface area contributed by atoms with Crippen molar-refractivity contribution >= 4 is 17.1 Å². The average molecular weight is 860 g/mol. The smallest absolute Gasteiger partial charge is 0.0465 e. The Morgan fingerprint density at radius 1 is 0.388 bits per heavy atom. The van der Waals surface area contributed by atoms with E-state index in [1.54, 1.807) is 5.56 Å². The highest BCUT2D eigenvalue weighted by Gasteiger charge is 2.57. The molecule has 2 bridgehead atoms. The number of benzene rings is 9. The first-order valence-electron chi connectivity index (χ1n) is 24.6. The molecule has 1 heteroatoms. The highest BCUT2D eigenvalue weighted by Crippen LogP contribution is 2.66. The van der Waals surface area contributed by atoms with Gasteiger partial charge in [-0.3, -0.25) is 0 Å². The number of hydrogen-bond acceptors (Lipinski definition) is 1. The molecule has 14 rings (SSSR count). The first kappa shape index (κ1) is 39.0. The molecule has 0 amide bonds. The van der Waals surface area contributed by atoms with E-state index in [2.05, 4.69) is 232 Å². The van der Waals surface area contributed by atoms with Gasteiger partial charge in [0.1, 0.15) is 0 Å². The number of rotatable bonds is 6. The molecule has 0 radical (unpaired) electrons. The third-order valence-electron chi connectivity index (χ3n) is 17.4. The minimum Gasteiger partial charge on any atom is -0.310 e. The van der Waals surface area contributed by atoms with Gasteiger partial charge >= 0.3 is 0 Å². The summed E-state index contributed by atoms with van der Waals surface area (Å²) in [6.45, 7) is 7.22. The van der Waals surface area contributed by atoms with Gasteiger partial charge in [-0.05, 0) is 169 Å². The second-order valence-corrected chi connectivity index (χ2v) is 20.9. The van der Waals surface area contributed by atoms with Crippen molar-refractivity contribution < 1.29 is 0 Å². The van der Waals surface area contributed by atoms with Gasteiger partial charge in [0, 0.05) is 33.3 Å². The van der Waals surface area contributed by atoms with Crippen LogP contribution in [0.5, 0.6) is 0 Å². The van der Waals surface area contributed by atoms with E-state index in [1.807, 2.05) is 0 Å². The highest BCUT2D eigenvalue weighted by molar-refractivity contribution is 5.94. The van der Waals surface area contributed by atoms with Crippen LogP contribution in [0, 0.1) is 11.8 Å². The van der Waals surface area contributed by atoms with Crippen molar-refractivity contribution in [3.63, 3.8) is 0 Å². The van der Waals surface area contributed by atoms with Gasteiger partial charge in [0.05, 0.1) is 0 Å². The third kappa shape index (κ3) is 5.32. The van der Waals surface area contributed by atoms with Gasteiger partial charge < -0.3 is 4.90 Å². The highest BCUT2D eigenvalue weighted by atomic mass is 15.1. The Morgan fingerprint density at radius 2 is 0.896 bits per heavy atom. The molecule has 0 heterocycles. The maximum absolute atomic E-state index is 2.60. The third-order valence-corrected chi connectivity index (χ3v) is 17.4. The summed E-state index contributed by atoms with van der Waals surface area (Å²) in [5.41, 5.74) is 26.5. The minimum absolute atomic E-state index is 0.0864. The molecule has 322 valence electrons. The van der Waals surface area contributed by atoms with Gasteiger partial charge in [0.2, 0.25) is 0 Å². The molecule has 1 nitrogen and oxygen atoms in total. The fourth-order valence-corrected chi connectivity index (χ4v) is 14.5. The van der Waals surface area contributed by atoms with E-state index in [9.17, 15) is 0 Å². The fourth-order valence-electron chi connectivity index (χ4n) is 14.5. The van der Waals surface area contributed by atoms with Gasteiger partial charge in [0.15, 0.2) is 0 Å². The molecule has 2 fully saturated rings. The van der Waals surface area contributed by atoms with E-state index < -0.39 is 0 Å². The van der Waals surface area contributed by atoms with Crippen LogP contribution < -0.4 is 4.90 Å². The normalized spacial score (nSPS) is 21.7. The molecule has 9 aromatic carbocycles. The summed E-state index contributed by atoms with van der Waals surface area (Å²) in [5.74, 6) is 1.50. The monoisotopic (exact) mass is 859 g/mol. The molecule has 0 saturated heterocycles. The maximum atomic E-state index is 2.60. The second kappa shape index (κ2) is 14.1. The Hall–Kier alpha value is -7.22. The van der Waals surface area contributed by atoms with E-state index in [4.69, 9.17) is 0 Å². The van der Waals surface area contributed by atoms with Crippen molar-refractivity contribution in [2.24, 2.45) is 11.8 Å². The zero-order chi connectivity index (χ0) is 44.6. The van der Waals surface area contributed by atoms with E-state index in [-0.39, 0.29) is 16.2 Å². The van der Waals surface area contributed by atoms with E-state index in [1.165, 1.54) is 126 Å². The molecule has 4 atom stereocenters. The second-order valence-electron chi connectivity index (χ2n) is 20.9. The Labute approximate surface area is 395 Å². The lowest BCUT2D eigenvalue weighted by molar-refractivity contribution is 0.327. The summed E-state index contributed by atoms with van der Waals surface area (Å²) < 4.78 is 0. The van der Waals surface area contributed by atoms with E-state index in [0.717, 1.165) is 11.6 Å². The molecule has 1 spiro atoms. The summed E-state index contributed by atoms with van der Waals surface area (Å²) in [4.78, 5) is 2.55. The predicted octanol–water partition coefficient (Wildman–Crippen LogP) is 17.2. The van der Waals surface area contributed by atoms with Crippen molar-refractivity contribution in [1.29, 1.82) is 0 Å². The SMILES string of the molecule is CC1(C)c2ccccc2-c2cccc(-c3ccccc3-c3ccc(N(c4ccc5c(c4)C(C)(c4ccccc4)c4ccccc4-5)c4ccc5c(c4)C4(CC6CCC4C6)c4ccccc4-5)cc3)c21. The van der Waals surface area contributed by atoms with Crippen molar-refractivity contribution in [2.75, 3.05) is 4.90 Å². The van der Waals surface area contributed by atoms with Crippen LogP contribution in [0.1, 0.15) is 85.4 Å². The average Bonchev–Trinajstić information content (AvgIpc) is 4.18. The topological polar surface area (TPSA) is 3.24 Å². The summed E-state index contributed by atoms with van der Waals surface area (Å²) >= 11 is 0. The predicted molar refractivity (Wildman–Crippen MR) is 279 cm³/mol. The lowest BCUT2D eigenvalue weighted by atomic mass is 9.67. The lowest BCUT2D eigenvalue weighted by Crippen LogP contribution is -2.32. The van der Waals surface area contributed by atoms with Gasteiger partial charge in [-0.15, -0.1) is 0 Å². The molecule has 5 aliphatic rings. The van der Waals surface area contributed by atoms with Gasteiger partial charge in [-0.1, -0.05) is 190 Å². The fraction of sp³-hybridized carbons (Fsp3) is 0.182. The molecule has 2 saturated carbocycles. The zero-order valence-electron chi connectivity index (χ0n) is 38.6. The molecule has 4 unspecified atom stereocenters. The molecular weight excluding hydrogens is 807 g/mol. The first-order valence-corrected chi connectivity index (χ1v) is 24.6. The van der Waals surface area contributed by atoms with Crippen LogP contribution >= 0.6 is 0 Å². The molecule has 0 aliphatic heterocycles.